The lowest BCUT2D eigenvalue weighted by Gasteiger charge is -2.00. The van der Waals surface area contributed by atoms with Crippen LogP contribution < -0.4 is 0 Å². The first-order chi connectivity index (χ1) is 5.92. The van der Waals surface area contributed by atoms with Gasteiger partial charge in [-0.15, -0.1) is 16.9 Å². The first-order valence-electron chi connectivity index (χ1n) is 3.57. The molecule has 0 saturated carbocycles. The number of fused-ring (bicyclic) bond motifs is 1. The van der Waals surface area contributed by atoms with Crippen molar-refractivity contribution in [3.63, 3.8) is 0 Å². The molecule has 2 rings (SSSR count). The fraction of sp³-hybridized carbons (Fsp3) is 0.286. The maximum Gasteiger partial charge on any atom is 0.144 e. The second kappa shape index (κ2) is 3.10. The van der Waals surface area contributed by atoms with Crippen molar-refractivity contribution >= 4 is 23.0 Å². The number of thioether (sulfide) groups is 1. The standard InChI is InChI=1S/C7H8N4S/c1-12-7-6-2-3-9-11(6)5-4-8-10-7/h2-4H,5H2,1H3. The van der Waals surface area contributed by atoms with E-state index < -0.39 is 0 Å². The van der Waals surface area contributed by atoms with Crippen LogP contribution in [0.4, 0.5) is 0 Å². The van der Waals surface area contributed by atoms with Crippen LogP contribution in [0.15, 0.2) is 22.5 Å². The zero-order valence-corrected chi connectivity index (χ0v) is 7.45. The SMILES string of the molecule is CSC1=NN=CCn2nccc21. The van der Waals surface area contributed by atoms with Gasteiger partial charge in [0.1, 0.15) is 5.04 Å². The Kier molecular flexibility index (Phi) is 1.95. The number of aromatic nitrogens is 2. The van der Waals surface area contributed by atoms with E-state index in [9.17, 15) is 0 Å². The van der Waals surface area contributed by atoms with Gasteiger partial charge in [-0.25, -0.2) is 0 Å². The van der Waals surface area contributed by atoms with Crippen LogP contribution in [-0.2, 0) is 6.54 Å². The third-order valence-corrected chi connectivity index (χ3v) is 2.29. The van der Waals surface area contributed by atoms with Crippen LogP contribution in [0, 0.1) is 0 Å². The minimum Gasteiger partial charge on any atom is -0.257 e. The van der Waals surface area contributed by atoms with E-state index in [0.717, 1.165) is 10.7 Å². The van der Waals surface area contributed by atoms with Crippen molar-refractivity contribution in [2.75, 3.05) is 6.26 Å². The monoisotopic (exact) mass is 180 g/mol. The molecule has 0 spiro atoms. The Balaban J connectivity index is 2.49. The normalized spacial score (nSPS) is 15.2. The van der Waals surface area contributed by atoms with Gasteiger partial charge in [0.2, 0.25) is 0 Å². The summed E-state index contributed by atoms with van der Waals surface area (Å²) in [5, 5.41) is 13.0. The van der Waals surface area contributed by atoms with Gasteiger partial charge in [-0.2, -0.15) is 10.2 Å². The molecule has 0 bridgehead atoms. The fourth-order valence-electron chi connectivity index (χ4n) is 1.06. The molecular weight excluding hydrogens is 172 g/mol. The smallest absolute Gasteiger partial charge is 0.144 e. The van der Waals surface area contributed by atoms with Crippen molar-refractivity contribution in [2.45, 2.75) is 6.54 Å². The largest absolute Gasteiger partial charge is 0.257 e. The minimum atomic E-state index is 0.704. The van der Waals surface area contributed by atoms with Crippen LogP contribution in [0.3, 0.4) is 0 Å². The lowest BCUT2D eigenvalue weighted by Crippen LogP contribution is -2.07. The van der Waals surface area contributed by atoms with E-state index in [1.54, 1.807) is 24.2 Å². The average Bonchev–Trinajstić information content (AvgIpc) is 2.46. The van der Waals surface area contributed by atoms with Crippen LogP contribution in [0.1, 0.15) is 5.69 Å². The fourth-order valence-corrected chi connectivity index (χ4v) is 1.57. The van der Waals surface area contributed by atoms with Crippen LogP contribution in [-0.4, -0.2) is 27.3 Å². The summed E-state index contributed by atoms with van der Waals surface area (Å²) in [6, 6.07) is 1.95. The highest BCUT2D eigenvalue weighted by atomic mass is 32.2. The quantitative estimate of drug-likeness (QED) is 0.597. The Morgan fingerprint density at radius 3 is 3.33 bits per heavy atom. The van der Waals surface area contributed by atoms with Crippen molar-refractivity contribution in [1.29, 1.82) is 0 Å². The molecule has 0 atom stereocenters. The number of nitrogens with zero attached hydrogens (tertiary/aromatic N) is 4. The van der Waals surface area contributed by atoms with E-state index >= 15 is 0 Å². The van der Waals surface area contributed by atoms with Crippen LogP contribution >= 0.6 is 11.8 Å². The van der Waals surface area contributed by atoms with E-state index in [2.05, 4.69) is 15.3 Å². The lowest BCUT2D eigenvalue weighted by atomic mass is 10.4. The maximum atomic E-state index is 4.15. The molecule has 1 aliphatic heterocycles. The molecule has 4 nitrogen and oxygen atoms in total. The van der Waals surface area contributed by atoms with Gasteiger partial charge in [0.25, 0.3) is 0 Å². The Bertz CT molecular complexity index is 339. The van der Waals surface area contributed by atoms with Gasteiger partial charge in [-0.3, -0.25) is 4.68 Å². The van der Waals surface area contributed by atoms with E-state index in [1.165, 1.54) is 0 Å². The number of hydrogen-bond acceptors (Lipinski definition) is 4. The molecule has 0 aliphatic carbocycles. The molecular formula is C7H8N4S. The Morgan fingerprint density at radius 1 is 1.58 bits per heavy atom. The number of rotatable bonds is 0. The zero-order chi connectivity index (χ0) is 8.39. The average molecular weight is 180 g/mol. The predicted molar refractivity (Wildman–Crippen MR) is 50.8 cm³/mol. The van der Waals surface area contributed by atoms with E-state index in [-0.39, 0.29) is 0 Å². The summed E-state index contributed by atoms with van der Waals surface area (Å²) in [5.74, 6) is 0. The predicted octanol–water partition coefficient (Wildman–Crippen LogP) is 0.992. The molecule has 1 aromatic rings. The van der Waals surface area contributed by atoms with Gasteiger partial charge in [-0.1, -0.05) is 0 Å². The van der Waals surface area contributed by atoms with Gasteiger partial charge < -0.3 is 0 Å². The third kappa shape index (κ3) is 1.16. The van der Waals surface area contributed by atoms with Crippen LogP contribution in [0.5, 0.6) is 0 Å². The molecule has 5 heteroatoms. The second-order valence-corrected chi connectivity index (χ2v) is 3.10. The molecule has 1 aliphatic rings. The molecule has 2 heterocycles. The molecule has 0 amide bonds. The van der Waals surface area contributed by atoms with E-state index in [0.29, 0.717) is 6.54 Å². The van der Waals surface area contributed by atoms with E-state index in [1.807, 2.05) is 17.0 Å². The molecule has 0 N–H and O–H groups in total. The summed E-state index contributed by atoms with van der Waals surface area (Å²) in [6.45, 7) is 0.704. The summed E-state index contributed by atoms with van der Waals surface area (Å²) in [6.07, 6.45) is 5.51. The van der Waals surface area contributed by atoms with Gasteiger partial charge in [-0.05, 0) is 12.3 Å². The number of hydrogen-bond donors (Lipinski definition) is 0. The Morgan fingerprint density at radius 2 is 2.50 bits per heavy atom. The summed E-state index contributed by atoms with van der Waals surface area (Å²) >= 11 is 1.58. The van der Waals surface area contributed by atoms with Gasteiger partial charge in [0.15, 0.2) is 0 Å². The van der Waals surface area contributed by atoms with Crippen molar-refractivity contribution in [2.24, 2.45) is 10.2 Å². The molecule has 0 radical (unpaired) electrons. The molecule has 12 heavy (non-hydrogen) atoms. The van der Waals surface area contributed by atoms with Gasteiger partial charge >= 0.3 is 0 Å². The van der Waals surface area contributed by atoms with Gasteiger partial charge in [0.05, 0.1) is 12.2 Å². The molecule has 0 saturated heterocycles. The Labute approximate surface area is 74.4 Å². The molecule has 1 aromatic heterocycles. The minimum absolute atomic E-state index is 0.704. The summed E-state index contributed by atoms with van der Waals surface area (Å²) in [7, 11) is 0. The van der Waals surface area contributed by atoms with Crippen molar-refractivity contribution in [1.82, 2.24) is 9.78 Å². The highest BCUT2D eigenvalue weighted by molar-refractivity contribution is 8.13. The summed E-state index contributed by atoms with van der Waals surface area (Å²) in [5.41, 5.74) is 1.04. The molecule has 0 fully saturated rings. The highest BCUT2D eigenvalue weighted by Gasteiger charge is 2.09. The van der Waals surface area contributed by atoms with Crippen molar-refractivity contribution < 1.29 is 0 Å². The van der Waals surface area contributed by atoms with E-state index in [4.69, 9.17) is 0 Å². The summed E-state index contributed by atoms with van der Waals surface area (Å²) < 4.78 is 1.88. The first kappa shape index (κ1) is 7.54. The Hall–Kier alpha value is -1.10. The lowest BCUT2D eigenvalue weighted by molar-refractivity contribution is 0.728. The highest BCUT2D eigenvalue weighted by Crippen LogP contribution is 2.12. The van der Waals surface area contributed by atoms with Crippen LogP contribution in [0.2, 0.25) is 0 Å². The molecule has 0 aromatic carbocycles. The zero-order valence-electron chi connectivity index (χ0n) is 6.64. The van der Waals surface area contributed by atoms with Crippen molar-refractivity contribution in [3.8, 4) is 0 Å². The topological polar surface area (TPSA) is 42.5 Å². The second-order valence-electron chi connectivity index (χ2n) is 2.31. The van der Waals surface area contributed by atoms with Crippen LogP contribution in [0.25, 0.3) is 0 Å². The molecule has 0 unspecified atom stereocenters. The maximum absolute atomic E-state index is 4.15. The molecule has 62 valence electrons. The van der Waals surface area contributed by atoms with Gasteiger partial charge in [0, 0.05) is 12.4 Å². The summed E-state index contributed by atoms with van der Waals surface area (Å²) in [4.78, 5) is 0. The van der Waals surface area contributed by atoms with Crippen molar-refractivity contribution in [3.05, 3.63) is 18.0 Å². The first-order valence-corrected chi connectivity index (χ1v) is 4.80. The third-order valence-electron chi connectivity index (χ3n) is 1.61.